The number of hydrogen-bond acceptors (Lipinski definition) is 2. The molecule has 0 saturated heterocycles. The molecule has 0 fully saturated rings. The van der Waals surface area contributed by atoms with Crippen LogP contribution in [0.3, 0.4) is 0 Å². The molecule has 1 atom stereocenters. The molecule has 100 valence electrons. The molecule has 3 heteroatoms. The summed E-state index contributed by atoms with van der Waals surface area (Å²) < 4.78 is 6.09. The van der Waals surface area contributed by atoms with E-state index in [9.17, 15) is 4.79 Å². The zero-order valence-electron chi connectivity index (χ0n) is 11.9. The second-order valence-corrected chi connectivity index (χ2v) is 5.35. The van der Waals surface area contributed by atoms with Gasteiger partial charge in [-0.25, -0.2) is 4.79 Å². The molecule has 0 aromatic carbocycles. The summed E-state index contributed by atoms with van der Waals surface area (Å²) in [7, 11) is 4.37. The first kappa shape index (κ1) is 16.2. The normalized spacial score (nSPS) is 13.2. The molecular formula is C14H28NO2+. The Labute approximate surface area is 106 Å². The van der Waals surface area contributed by atoms with Crippen LogP contribution < -0.4 is 0 Å². The second-order valence-electron chi connectivity index (χ2n) is 5.35. The Balaban J connectivity index is 3.89. The second kappa shape index (κ2) is 8.29. The van der Waals surface area contributed by atoms with E-state index in [2.05, 4.69) is 27.6 Å². The Morgan fingerprint density at radius 2 is 2.00 bits per heavy atom. The summed E-state index contributed by atoms with van der Waals surface area (Å²) in [6, 6.07) is 0. The van der Waals surface area contributed by atoms with Crippen LogP contribution in [0.1, 0.15) is 39.5 Å². The van der Waals surface area contributed by atoms with Crippen LogP contribution in [0.5, 0.6) is 0 Å². The largest absolute Gasteiger partial charge is 0.454 e. The number of esters is 1. The van der Waals surface area contributed by atoms with Crippen molar-refractivity contribution < 1.29 is 14.0 Å². The van der Waals surface area contributed by atoms with Gasteiger partial charge in [-0.15, -0.1) is 0 Å². The third kappa shape index (κ3) is 8.93. The van der Waals surface area contributed by atoms with E-state index in [1.807, 2.05) is 6.92 Å². The van der Waals surface area contributed by atoms with Gasteiger partial charge in [0, 0.05) is 6.08 Å². The van der Waals surface area contributed by atoms with Crippen molar-refractivity contribution >= 4 is 5.97 Å². The maximum absolute atomic E-state index is 11.1. The van der Waals surface area contributed by atoms with Crippen molar-refractivity contribution in [1.82, 2.24) is 0 Å². The lowest BCUT2D eigenvalue weighted by atomic mass is 10.2. The number of nitrogens with zero attached hydrogens (tertiary/aromatic N) is 1. The predicted octanol–water partition coefficient (Wildman–Crippen LogP) is 2.76. The molecule has 0 heterocycles. The third-order valence-corrected chi connectivity index (χ3v) is 2.85. The van der Waals surface area contributed by atoms with E-state index in [0.717, 1.165) is 17.6 Å². The van der Waals surface area contributed by atoms with Crippen LogP contribution in [0.2, 0.25) is 0 Å². The Hall–Kier alpha value is -0.830. The van der Waals surface area contributed by atoms with E-state index < -0.39 is 0 Å². The average Bonchev–Trinajstić information content (AvgIpc) is 2.23. The zero-order chi connectivity index (χ0) is 13.3. The minimum Gasteiger partial charge on any atom is -0.454 e. The van der Waals surface area contributed by atoms with E-state index >= 15 is 0 Å². The number of unbranched alkanes of at least 4 members (excludes halogenated alkanes) is 3. The number of ether oxygens (including phenoxy) is 1. The standard InChI is InChI=1S/C14H28NO2/c1-6-8-9-10-11-15(4,5)12-13(3)17-14(16)7-2/h7,13H,2,6,8-12H2,1,3-5H3/q+1. The first-order chi connectivity index (χ1) is 7.91. The van der Waals surface area contributed by atoms with E-state index in [1.54, 1.807) is 0 Å². The summed E-state index contributed by atoms with van der Waals surface area (Å²) in [5, 5.41) is 0. The van der Waals surface area contributed by atoms with Crippen molar-refractivity contribution in [2.24, 2.45) is 0 Å². The molecule has 0 aromatic heterocycles. The lowest BCUT2D eigenvalue weighted by Gasteiger charge is -2.32. The van der Waals surface area contributed by atoms with Crippen LogP contribution in [-0.4, -0.2) is 43.7 Å². The fraction of sp³-hybridized carbons (Fsp3) is 0.786. The number of hydrogen-bond donors (Lipinski definition) is 0. The Bertz CT molecular complexity index is 236. The fourth-order valence-corrected chi connectivity index (χ4v) is 2.04. The van der Waals surface area contributed by atoms with Gasteiger partial charge in [-0.2, -0.15) is 0 Å². The highest BCUT2D eigenvalue weighted by Gasteiger charge is 2.20. The predicted molar refractivity (Wildman–Crippen MR) is 71.7 cm³/mol. The minimum absolute atomic E-state index is 0.0540. The number of rotatable bonds is 9. The molecule has 0 N–H and O–H groups in total. The molecule has 0 rings (SSSR count). The number of quaternary nitrogens is 1. The Kier molecular flexibility index (Phi) is 7.88. The van der Waals surface area contributed by atoms with E-state index in [1.165, 1.54) is 31.8 Å². The molecule has 0 aliphatic carbocycles. The molecule has 1 unspecified atom stereocenters. The van der Waals surface area contributed by atoms with Crippen molar-refractivity contribution in [2.45, 2.75) is 45.6 Å². The van der Waals surface area contributed by atoms with Gasteiger partial charge in [-0.05, 0) is 19.8 Å². The lowest BCUT2D eigenvalue weighted by molar-refractivity contribution is -0.893. The first-order valence-corrected chi connectivity index (χ1v) is 6.56. The highest BCUT2D eigenvalue weighted by Crippen LogP contribution is 2.08. The molecule has 0 radical (unpaired) electrons. The minimum atomic E-state index is -0.330. The summed E-state index contributed by atoms with van der Waals surface area (Å²) >= 11 is 0. The first-order valence-electron chi connectivity index (χ1n) is 6.56. The smallest absolute Gasteiger partial charge is 0.330 e. The maximum atomic E-state index is 11.1. The lowest BCUT2D eigenvalue weighted by Crippen LogP contribution is -2.46. The Morgan fingerprint density at radius 1 is 1.35 bits per heavy atom. The maximum Gasteiger partial charge on any atom is 0.330 e. The van der Waals surface area contributed by atoms with E-state index in [0.29, 0.717) is 0 Å². The van der Waals surface area contributed by atoms with Crippen molar-refractivity contribution in [3.63, 3.8) is 0 Å². The van der Waals surface area contributed by atoms with Gasteiger partial charge in [0.05, 0.1) is 20.6 Å². The van der Waals surface area contributed by atoms with E-state index in [-0.39, 0.29) is 12.1 Å². The molecule has 0 aliphatic heterocycles. The van der Waals surface area contributed by atoms with Crippen molar-refractivity contribution in [3.8, 4) is 0 Å². The summed E-state index contributed by atoms with van der Waals surface area (Å²) in [4.78, 5) is 11.1. The van der Waals surface area contributed by atoms with Gasteiger partial charge in [0.15, 0.2) is 0 Å². The monoisotopic (exact) mass is 242 g/mol. The molecule has 17 heavy (non-hydrogen) atoms. The number of carbonyl (C=O) groups excluding carboxylic acids is 1. The van der Waals surface area contributed by atoms with Crippen molar-refractivity contribution in [1.29, 1.82) is 0 Å². The Morgan fingerprint density at radius 3 is 2.53 bits per heavy atom. The molecular weight excluding hydrogens is 214 g/mol. The quantitative estimate of drug-likeness (QED) is 0.269. The van der Waals surface area contributed by atoms with Crippen LogP contribution in [-0.2, 0) is 9.53 Å². The molecule has 3 nitrogen and oxygen atoms in total. The van der Waals surface area contributed by atoms with Gasteiger partial charge in [0.25, 0.3) is 0 Å². The van der Waals surface area contributed by atoms with Crippen LogP contribution in [0.15, 0.2) is 12.7 Å². The number of likely N-dealkylation sites (N-methyl/N-ethyl adjacent to an activating group) is 1. The molecule has 0 aliphatic rings. The van der Waals surface area contributed by atoms with Crippen LogP contribution in [0.4, 0.5) is 0 Å². The van der Waals surface area contributed by atoms with Gasteiger partial charge in [0.1, 0.15) is 12.6 Å². The van der Waals surface area contributed by atoms with Crippen molar-refractivity contribution in [3.05, 3.63) is 12.7 Å². The average molecular weight is 242 g/mol. The van der Waals surface area contributed by atoms with Crippen LogP contribution in [0, 0.1) is 0 Å². The fourth-order valence-electron chi connectivity index (χ4n) is 2.04. The van der Waals surface area contributed by atoms with E-state index in [4.69, 9.17) is 4.74 Å². The van der Waals surface area contributed by atoms with Gasteiger partial charge < -0.3 is 9.22 Å². The third-order valence-electron chi connectivity index (χ3n) is 2.85. The summed E-state index contributed by atoms with van der Waals surface area (Å²) in [6.45, 7) is 9.55. The topological polar surface area (TPSA) is 26.3 Å². The molecule has 0 aromatic rings. The number of carbonyl (C=O) groups is 1. The van der Waals surface area contributed by atoms with Gasteiger partial charge >= 0.3 is 5.97 Å². The zero-order valence-corrected chi connectivity index (χ0v) is 11.9. The highest BCUT2D eigenvalue weighted by molar-refractivity contribution is 5.81. The van der Waals surface area contributed by atoms with Crippen LogP contribution >= 0.6 is 0 Å². The molecule has 0 spiro atoms. The summed E-state index contributed by atoms with van der Waals surface area (Å²) in [5.74, 6) is -0.330. The van der Waals surface area contributed by atoms with Gasteiger partial charge in [-0.3, -0.25) is 0 Å². The molecule has 0 saturated carbocycles. The van der Waals surface area contributed by atoms with Gasteiger partial charge in [-0.1, -0.05) is 26.3 Å². The highest BCUT2D eigenvalue weighted by atomic mass is 16.5. The van der Waals surface area contributed by atoms with Crippen LogP contribution in [0.25, 0.3) is 0 Å². The summed E-state index contributed by atoms with van der Waals surface area (Å²) in [6.07, 6.45) is 6.27. The van der Waals surface area contributed by atoms with Gasteiger partial charge in [0.2, 0.25) is 0 Å². The SMILES string of the molecule is C=CC(=O)OC(C)C[N+](C)(C)CCCCCC. The summed E-state index contributed by atoms with van der Waals surface area (Å²) in [5.41, 5.74) is 0. The molecule has 0 bridgehead atoms. The molecule has 0 amide bonds. The van der Waals surface area contributed by atoms with Crippen molar-refractivity contribution in [2.75, 3.05) is 27.2 Å².